The fraction of sp³-hybridized carbons (Fsp3) is 0.360. The molecule has 2 aliphatic rings. The third-order valence-electron chi connectivity index (χ3n) is 7.23. The van der Waals surface area contributed by atoms with Gasteiger partial charge in [-0.2, -0.15) is 0 Å². The third kappa shape index (κ3) is 2.96. The second-order valence-corrected chi connectivity index (χ2v) is 8.96. The molecule has 30 heavy (non-hydrogen) atoms. The molecule has 5 rings (SSSR count). The SMILES string of the molecule is CN(C)[C@]1(c2ccccc2)CC[C@@]2(CC1)CN(c1cccc3cnccc13)C(=O)N2. The Kier molecular flexibility index (Phi) is 4.51. The first kappa shape index (κ1) is 19.1. The van der Waals surface area contributed by atoms with Gasteiger partial charge in [-0.25, -0.2) is 4.79 Å². The zero-order chi connectivity index (χ0) is 20.8. The number of hydrogen-bond donors (Lipinski definition) is 1. The zero-order valence-electron chi connectivity index (χ0n) is 17.6. The van der Waals surface area contributed by atoms with Crippen LogP contribution in [0.5, 0.6) is 0 Å². The molecule has 3 aromatic rings. The highest BCUT2D eigenvalue weighted by Gasteiger charge is 2.50. The fourth-order valence-corrected chi connectivity index (χ4v) is 5.41. The second kappa shape index (κ2) is 7.10. The van der Waals surface area contributed by atoms with Gasteiger partial charge in [-0.3, -0.25) is 14.8 Å². The topological polar surface area (TPSA) is 48.5 Å². The molecule has 2 amide bonds. The van der Waals surface area contributed by atoms with Crippen LogP contribution in [0.1, 0.15) is 31.2 Å². The summed E-state index contributed by atoms with van der Waals surface area (Å²) in [6.45, 7) is 0.714. The number of amides is 2. The molecular formula is C25H28N4O. The van der Waals surface area contributed by atoms with E-state index < -0.39 is 0 Å². The number of nitrogens with zero attached hydrogens (tertiary/aromatic N) is 3. The van der Waals surface area contributed by atoms with Crippen LogP contribution in [0.3, 0.4) is 0 Å². The number of hydrogen-bond acceptors (Lipinski definition) is 3. The summed E-state index contributed by atoms with van der Waals surface area (Å²) in [5.41, 5.74) is 2.19. The molecule has 154 valence electrons. The van der Waals surface area contributed by atoms with Crippen LogP contribution in [-0.4, -0.2) is 42.1 Å². The minimum absolute atomic E-state index is 0.0105. The molecule has 1 aliphatic carbocycles. The molecule has 5 heteroatoms. The van der Waals surface area contributed by atoms with Crippen molar-refractivity contribution in [2.24, 2.45) is 0 Å². The Hall–Kier alpha value is -2.92. The average Bonchev–Trinajstić information content (AvgIpc) is 3.10. The lowest BCUT2D eigenvalue weighted by Gasteiger charge is -2.48. The van der Waals surface area contributed by atoms with Crippen LogP contribution in [0.25, 0.3) is 10.8 Å². The Labute approximate surface area is 177 Å². The lowest BCUT2D eigenvalue weighted by atomic mass is 9.69. The van der Waals surface area contributed by atoms with Crippen LogP contribution >= 0.6 is 0 Å². The van der Waals surface area contributed by atoms with E-state index in [0.29, 0.717) is 6.54 Å². The van der Waals surface area contributed by atoms with Gasteiger partial charge in [-0.05, 0) is 57.5 Å². The van der Waals surface area contributed by atoms with E-state index in [4.69, 9.17) is 0 Å². The summed E-state index contributed by atoms with van der Waals surface area (Å²) in [5, 5.41) is 5.49. The Balaban J connectivity index is 1.42. The molecule has 1 aliphatic heterocycles. The molecule has 0 unspecified atom stereocenters. The van der Waals surface area contributed by atoms with E-state index in [9.17, 15) is 4.79 Å². The molecule has 0 bridgehead atoms. The number of pyridine rings is 1. The summed E-state index contributed by atoms with van der Waals surface area (Å²) in [5.74, 6) is 0. The van der Waals surface area contributed by atoms with Crippen molar-refractivity contribution < 1.29 is 4.79 Å². The van der Waals surface area contributed by atoms with Gasteiger partial charge in [0.25, 0.3) is 0 Å². The van der Waals surface area contributed by atoms with E-state index >= 15 is 0 Å². The molecular weight excluding hydrogens is 372 g/mol. The number of nitrogens with one attached hydrogen (secondary N) is 1. The molecule has 1 N–H and O–H groups in total. The lowest BCUT2D eigenvalue weighted by molar-refractivity contribution is 0.0658. The van der Waals surface area contributed by atoms with Crippen LogP contribution in [0.15, 0.2) is 67.0 Å². The monoisotopic (exact) mass is 400 g/mol. The summed E-state index contributed by atoms with van der Waals surface area (Å²) >= 11 is 0. The number of rotatable bonds is 3. The summed E-state index contributed by atoms with van der Waals surface area (Å²) in [4.78, 5) is 21.6. The van der Waals surface area contributed by atoms with Crippen LogP contribution in [0.4, 0.5) is 10.5 Å². The number of urea groups is 1. The van der Waals surface area contributed by atoms with E-state index in [1.54, 1.807) is 6.20 Å². The maximum Gasteiger partial charge on any atom is 0.322 e. The predicted octanol–water partition coefficient (Wildman–Crippen LogP) is 4.53. The van der Waals surface area contributed by atoms with E-state index in [1.165, 1.54) is 5.56 Å². The Morgan fingerprint density at radius 3 is 2.47 bits per heavy atom. The standard InChI is InChI=1S/C25H28N4O/c1-28(2)25(20-8-4-3-5-9-20)14-12-24(13-15-25)18-29(23(30)27-24)22-10-6-7-19-17-26-16-11-21(19)22/h3-11,16-17H,12-15,18H2,1-2H3,(H,27,30)/t24-,25-. The summed E-state index contributed by atoms with van der Waals surface area (Å²) < 4.78 is 0. The van der Waals surface area contributed by atoms with Crippen molar-refractivity contribution >= 4 is 22.5 Å². The maximum atomic E-state index is 13.0. The lowest BCUT2D eigenvalue weighted by Crippen LogP contribution is -2.54. The van der Waals surface area contributed by atoms with Gasteiger partial charge in [0.15, 0.2) is 0 Å². The van der Waals surface area contributed by atoms with Crippen molar-refractivity contribution in [1.29, 1.82) is 0 Å². The summed E-state index contributed by atoms with van der Waals surface area (Å²) in [6, 6.07) is 18.9. The van der Waals surface area contributed by atoms with Crippen molar-refractivity contribution in [3.8, 4) is 0 Å². The minimum Gasteiger partial charge on any atom is -0.330 e. The van der Waals surface area contributed by atoms with Crippen molar-refractivity contribution in [2.75, 3.05) is 25.5 Å². The van der Waals surface area contributed by atoms with Crippen LogP contribution < -0.4 is 10.2 Å². The molecule has 0 radical (unpaired) electrons. The molecule has 1 spiro atoms. The van der Waals surface area contributed by atoms with Crippen molar-refractivity contribution in [2.45, 2.75) is 36.8 Å². The Morgan fingerprint density at radius 1 is 0.967 bits per heavy atom. The Morgan fingerprint density at radius 2 is 1.73 bits per heavy atom. The van der Waals surface area contributed by atoms with Gasteiger partial charge >= 0.3 is 6.03 Å². The highest BCUT2D eigenvalue weighted by atomic mass is 16.2. The first-order valence-electron chi connectivity index (χ1n) is 10.7. The molecule has 2 aromatic carbocycles. The number of carbonyl (C=O) groups is 1. The predicted molar refractivity (Wildman–Crippen MR) is 121 cm³/mol. The molecule has 0 atom stereocenters. The number of benzene rings is 2. The molecule has 2 heterocycles. The first-order valence-corrected chi connectivity index (χ1v) is 10.7. The number of carbonyl (C=O) groups excluding carboxylic acids is 1. The largest absolute Gasteiger partial charge is 0.330 e. The van der Waals surface area contributed by atoms with Gasteiger partial charge in [0.2, 0.25) is 0 Å². The molecule has 5 nitrogen and oxygen atoms in total. The van der Waals surface area contributed by atoms with E-state index in [0.717, 1.165) is 42.1 Å². The maximum absolute atomic E-state index is 13.0. The third-order valence-corrected chi connectivity index (χ3v) is 7.23. The van der Waals surface area contributed by atoms with Crippen molar-refractivity contribution in [1.82, 2.24) is 15.2 Å². The first-order chi connectivity index (χ1) is 14.5. The number of fused-ring (bicyclic) bond motifs is 1. The smallest absolute Gasteiger partial charge is 0.322 e. The number of anilines is 1. The van der Waals surface area contributed by atoms with Crippen LogP contribution in [0.2, 0.25) is 0 Å². The van der Waals surface area contributed by atoms with Gasteiger partial charge in [0.1, 0.15) is 0 Å². The fourth-order valence-electron chi connectivity index (χ4n) is 5.41. The van der Waals surface area contributed by atoms with Gasteiger partial charge in [-0.15, -0.1) is 0 Å². The molecule has 1 saturated carbocycles. The second-order valence-electron chi connectivity index (χ2n) is 8.96. The normalized spacial score (nSPS) is 26.5. The average molecular weight is 401 g/mol. The highest BCUT2D eigenvalue weighted by molar-refractivity contribution is 6.04. The van der Waals surface area contributed by atoms with E-state index in [-0.39, 0.29) is 17.1 Å². The Bertz CT molecular complexity index is 1070. The molecule has 2 fully saturated rings. The van der Waals surface area contributed by atoms with Crippen molar-refractivity contribution in [3.63, 3.8) is 0 Å². The quantitative estimate of drug-likeness (QED) is 0.702. The van der Waals surface area contributed by atoms with Gasteiger partial charge in [0, 0.05) is 28.7 Å². The van der Waals surface area contributed by atoms with Crippen LogP contribution in [-0.2, 0) is 5.54 Å². The summed E-state index contributed by atoms with van der Waals surface area (Å²) in [7, 11) is 4.35. The number of aromatic nitrogens is 1. The summed E-state index contributed by atoms with van der Waals surface area (Å²) in [6.07, 6.45) is 7.63. The van der Waals surface area contributed by atoms with Crippen molar-refractivity contribution in [3.05, 3.63) is 72.6 Å². The van der Waals surface area contributed by atoms with Gasteiger partial charge in [-0.1, -0.05) is 42.5 Å². The molecule has 1 aromatic heterocycles. The van der Waals surface area contributed by atoms with Crippen LogP contribution in [0, 0.1) is 0 Å². The van der Waals surface area contributed by atoms with Gasteiger partial charge in [0.05, 0.1) is 17.8 Å². The van der Waals surface area contributed by atoms with E-state index in [1.807, 2.05) is 35.4 Å². The molecule has 1 saturated heterocycles. The van der Waals surface area contributed by atoms with E-state index in [2.05, 4.69) is 59.6 Å². The van der Waals surface area contributed by atoms with Gasteiger partial charge < -0.3 is 5.32 Å². The minimum atomic E-state index is -0.166. The zero-order valence-corrected chi connectivity index (χ0v) is 17.6. The highest BCUT2D eigenvalue weighted by Crippen LogP contribution is 2.46.